The van der Waals surface area contributed by atoms with Gasteiger partial charge < -0.3 is 9.84 Å². The molecule has 0 aromatic carbocycles. The molecule has 0 aliphatic carbocycles. The van der Waals surface area contributed by atoms with Crippen LogP contribution in [-0.2, 0) is 19.1 Å². The van der Waals surface area contributed by atoms with E-state index in [1.165, 1.54) is 14.0 Å². The lowest BCUT2D eigenvalue weighted by atomic mass is 9.97. The Morgan fingerprint density at radius 1 is 1.13 bits per heavy atom. The number of ether oxygens (including phenoxy) is 1. The van der Waals surface area contributed by atoms with Gasteiger partial charge in [-0.3, -0.25) is 14.4 Å². The lowest BCUT2D eigenvalue weighted by Gasteiger charge is -2.09. The number of esters is 1. The van der Waals surface area contributed by atoms with E-state index in [0.29, 0.717) is 0 Å². The van der Waals surface area contributed by atoms with Crippen molar-refractivity contribution in [3.63, 3.8) is 0 Å². The largest absolute Gasteiger partial charge is 0.481 e. The second kappa shape index (κ2) is 6.16. The van der Waals surface area contributed by atoms with Crippen LogP contribution in [0.2, 0.25) is 0 Å². The third-order valence-electron chi connectivity index (χ3n) is 2.09. The Morgan fingerprint density at radius 2 is 1.60 bits per heavy atom. The van der Waals surface area contributed by atoms with E-state index in [1.807, 2.05) is 0 Å². The minimum absolute atomic E-state index is 0.0320. The van der Waals surface area contributed by atoms with Gasteiger partial charge >= 0.3 is 11.9 Å². The van der Waals surface area contributed by atoms with Crippen LogP contribution in [0.3, 0.4) is 0 Å². The lowest BCUT2D eigenvalue weighted by Crippen LogP contribution is -2.20. The average molecular weight is 216 g/mol. The predicted octanol–water partition coefficient (Wildman–Crippen LogP) is 0.865. The van der Waals surface area contributed by atoms with E-state index in [0.717, 1.165) is 0 Å². The number of hydrogen-bond acceptors (Lipinski definition) is 4. The van der Waals surface area contributed by atoms with Crippen molar-refractivity contribution in [3.05, 3.63) is 0 Å². The first-order chi connectivity index (χ1) is 6.88. The van der Waals surface area contributed by atoms with Crippen molar-refractivity contribution in [1.82, 2.24) is 0 Å². The topological polar surface area (TPSA) is 80.7 Å². The van der Waals surface area contributed by atoms with Gasteiger partial charge in [0.2, 0.25) is 0 Å². The van der Waals surface area contributed by atoms with Crippen LogP contribution in [0.5, 0.6) is 0 Å². The summed E-state index contributed by atoms with van der Waals surface area (Å²) in [6.45, 7) is 3.04. The van der Waals surface area contributed by atoms with Crippen molar-refractivity contribution < 1.29 is 24.2 Å². The van der Waals surface area contributed by atoms with Crippen molar-refractivity contribution in [1.29, 1.82) is 0 Å². The van der Waals surface area contributed by atoms with Crippen molar-refractivity contribution in [3.8, 4) is 0 Å². The molecule has 0 saturated heterocycles. The molecule has 0 spiro atoms. The minimum atomic E-state index is -1.01. The maximum atomic E-state index is 11.3. The van der Waals surface area contributed by atoms with E-state index < -0.39 is 23.8 Å². The number of Topliss-reactive ketones (excluding diaryl/α,β-unsaturated/α-hetero) is 1. The molecule has 0 amide bonds. The van der Waals surface area contributed by atoms with Gasteiger partial charge in [0.25, 0.3) is 0 Å². The van der Waals surface area contributed by atoms with Gasteiger partial charge in [0.15, 0.2) is 0 Å². The lowest BCUT2D eigenvalue weighted by molar-refractivity contribution is -0.147. The molecule has 0 heterocycles. The fraction of sp³-hybridized carbons (Fsp3) is 0.700. The number of carbonyl (C=O) groups excluding carboxylic acids is 2. The van der Waals surface area contributed by atoms with Crippen LogP contribution in [0.25, 0.3) is 0 Å². The Morgan fingerprint density at radius 3 is 2.00 bits per heavy atom. The molecule has 86 valence electrons. The summed E-state index contributed by atoms with van der Waals surface area (Å²) in [6.07, 6.45) is -0.0129. The SMILES string of the molecule is COC(=O)C(C)CC(=O)CC(C)C(=O)O. The van der Waals surface area contributed by atoms with Crippen LogP contribution < -0.4 is 0 Å². The zero-order valence-electron chi connectivity index (χ0n) is 9.15. The Labute approximate surface area is 88.4 Å². The molecule has 0 aliphatic heterocycles. The van der Waals surface area contributed by atoms with E-state index in [9.17, 15) is 14.4 Å². The summed E-state index contributed by atoms with van der Waals surface area (Å²) in [5, 5.41) is 8.58. The first kappa shape index (κ1) is 13.6. The van der Waals surface area contributed by atoms with Gasteiger partial charge in [0, 0.05) is 12.8 Å². The average Bonchev–Trinajstić information content (AvgIpc) is 2.15. The Kier molecular flexibility index (Phi) is 5.59. The van der Waals surface area contributed by atoms with Gasteiger partial charge in [-0.1, -0.05) is 13.8 Å². The maximum Gasteiger partial charge on any atom is 0.308 e. The van der Waals surface area contributed by atoms with Gasteiger partial charge in [0.05, 0.1) is 18.9 Å². The molecular formula is C10H16O5. The molecule has 0 rings (SSSR count). The van der Waals surface area contributed by atoms with E-state index in [2.05, 4.69) is 4.74 Å². The normalized spacial score (nSPS) is 14.1. The minimum Gasteiger partial charge on any atom is -0.481 e. The number of carboxylic acid groups (broad SMARTS) is 1. The fourth-order valence-electron chi connectivity index (χ4n) is 1.14. The van der Waals surface area contributed by atoms with Crippen LogP contribution in [0.1, 0.15) is 26.7 Å². The second-order valence-corrected chi connectivity index (χ2v) is 3.61. The Balaban J connectivity index is 4.04. The van der Waals surface area contributed by atoms with Crippen LogP contribution in [-0.4, -0.2) is 29.9 Å². The molecule has 0 bridgehead atoms. The highest BCUT2D eigenvalue weighted by Crippen LogP contribution is 2.11. The molecule has 0 saturated carbocycles. The Bertz CT molecular complexity index is 259. The molecule has 2 unspecified atom stereocenters. The molecule has 1 N–H and O–H groups in total. The molecule has 5 nitrogen and oxygen atoms in total. The first-order valence-corrected chi connectivity index (χ1v) is 4.70. The fourth-order valence-corrected chi connectivity index (χ4v) is 1.14. The van der Waals surface area contributed by atoms with Gasteiger partial charge in [-0.25, -0.2) is 0 Å². The van der Waals surface area contributed by atoms with E-state index in [-0.39, 0.29) is 18.6 Å². The molecular weight excluding hydrogens is 200 g/mol. The highest BCUT2D eigenvalue weighted by molar-refractivity contribution is 5.87. The molecule has 0 aliphatic rings. The summed E-state index contributed by atoms with van der Waals surface area (Å²) < 4.78 is 4.46. The third kappa shape index (κ3) is 5.15. The molecule has 0 radical (unpaired) electrons. The van der Waals surface area contributed by atoms with Gasteiger partial charge in [-0.15, -0.1) is 0 Å². The van der Waals surface area contributed by atoms with E-state index in [1.54, 1.807) is 6.92 Å². The zero-order valence-corrected chi connectivity index (χ0v) is 9.15. The standard InChI is InChI=1S/C10H16O5/c1-6(9(12)13)4-8(11)5-7(2)10(14)15-3/h6-7H,4-5H2,1-3H3,(H,12,13). The molecule has 0 fully saturated rings. The van der Waals surface area contributed by atoms with Crippen molar-refractivity contribution >= 4 is 17.7 Å². The summed E-state index contributed by atoms with van der Waals surface area (Å²) >= 11 is 0. The summed E-state index contributed by atoms with van der Waals surface area (Å²) in [4.78, 5) is 32.8. The van der Waals surface area contributed by atoms with Crippen molar-refractivity contribution in [2.45, 2.75) is 26.7 Å². The maximum absolute atomic E-state index is 11.3. The summed E-state index contributed by atoms with van der Waals surface area (Å²) in [7, 11) is 1.25. The number of carboxylic acids is 1. The quantitative estimate of drug-likeness (QED) is 0.666. The first-order valence-electron chi connectivity index (χ1n) is 4.70. The highest BCUT2D eigenvalue weighted by atomic mass is 16.5. The number of methoxy groups -OCH3 is 1. The van der Waals surface area contributed by atoms with Crippen LogP contribution in [0.15, 0.2) is 0 Å². The zero-order chi connectivity index (χ0) is 12.0. The number of aliphatic carboxylic acids is 1. The summed E-state index contributed by atoms with van der Waals surface area (Å²) in [5.41, 5.74) is 0. The monoisotopic (exact) mass is 216 g/mol. The van der Waals surface area contributed by atoms with Gasteiger partial charge in [-0.2, -0.15) is 0 Å². The van der Waals surface area contributed by atoms with Crippen LogP contribution in [0, 0.1) is 11.8 Å². The van der Waals surface area contributed by atoms with E-state index >= 15 is 0 Å². The van der Waals surface area contributed by atoms with Crippen molar-refractivity contribution in [2.24, 2.45) is 11.8 Å². The number of rotatable bonds is 6. The molecule has 15 heavy (non-hydrogen) atoms. The van der Waals surface area contributed by atoms with E-state index in [4.69, 9.17) is 5.11 Å². The number of ketones is 1. The smallest absolute Gasteiger partial charge is 0.308 e. The number of hydrogen-bond donors (Lipinski definition) is 1. The predicted molar refractivity (Wildman–Crippen MR) is 52.2 cm³/mol. The summed E-state index contributed by atoms with van der Waals surface area (Å²) in [6, 6.07) is 0. The molecule has 2 atom stereocenters. The Hall–Kier alpha value is -1.39. The van der Waals surface area contributed by atoms with Crippen LogP contribution >= 0.6 is 0 Å². The molecule has 0 aromatic heterocycles. The van der Waals surface area contributed by atoms with Gasteiger partial charge in [0.1, 0.15) is 5.78 Å². The second-order valence-electron chi connectivity index (χ2n) is 3.61. The summed E-state index contributed by atoms with van der Waals surface area (Å²) in [5.74, 6) is -2.91. The van der Waals surface area contributed by atoms with Crippen LogP contribution in [0.4, 0.5) is 0 Å². The number of carbonyl (C=O) groups is 3. The highest BCUT2D eigenvalue weighted by Gasteiger charge is 2.21. The third-order valence-corrected chi connectivity index (χ3v) is 2.09. The van der Waals surface area contributed by atoms with Gasteiger partial charge in [-0.05, 0) is 0 Å². The molecule has 5 heteroatoms. The molecule has 0 aromatic rings. The van der Waals surface area contributed by atoms with Crippen molar-refractivity contribution in [2.75, 3.05) is 7.11 Å².